The standard InChI is InChI=1S/C20H19N3O2/c24-19(21-12-14-6-2-1-3-7-14)11-16-13-23-17-9-5-4-8-15(17)10-18(23)20(25)22-16/h1-10,16H,11-13H2,(H,21,24)(H,22,25)/t16-/m0/s1. The summed E-state index contributed by atoms with van der Waals surface area (Å²) < 4.78 is 2.00. The van der Waals surface area contributed by atoms with E-state index < -0.39 is 0 Å². The fourth-order valence-corrected chi connectivity index (χ4v) is 3.33. The van der Waals surface area contributed by atoms with Gasteiger partial charge >= 0.3 is 0 Å². The van der Waals surface area contributed by atoms with Gasteiger partial charge in [0.25, 0.3) is 5.91 Å². The molecule has 4 rings (SSSR count). The monoisotopic (exact) mass is 333 g/mol. The first-order chi connectivity index (χ1) is 12.2. The zero-order chi connectivity index (χ0) is 17.2. The molecule has 0 bridgehead atoms. The van der Waals surface area contributed by atoms with E-state index in [4.69, 9.17) is 0 Å². The summed E-state index contributed by atoms with van der Waals surface area (Å²) in [5.74, 6) is -0.183. The quantitative estimate of drug-likeness (QED) is 0.770. The van der Waals surface area contributed by atoms with Crippen LogP contribution in [0.25, 0.3) is 10.9 Å². The first kappa shape index (κ1) is 15.4. The molecule has 5 nitrogen and oxygen atoms in total. The number of fused-ring (bicyclic) bond motifs is 3. The Kier molecular flexibility index (Phi) is 3.98. The lowest BCUT2D eigenvalue weighted by molar-refractivity contribution is -0.121. The van der Waals surface area contributed by atoms with Crippen LogP contribution in [0.4, 0.5) is 0 Å². The van der Waals surface area contributed by atoms with Gasteiger partial charge in [-0.2, -0.15) is 0 Å². The lowest BCUT2D eigenvalue weighted by atomic mass is 10.1. The molecular weight excluding hydrogens is 314 g/mol. The summed E-state index contributed by atoms with van der Waals surface area (Å²) in [5, 5.41) is 6.90. The van der Waals surface area contributed by atoms with E-state index in [0.29, 0.717) is 18.8 Å². The van der Waals surface area contributed by atoms with Crippen LogP contribution in [0, 0.1) is 0 Å². The minimum Gasteiger partial charge on any atom is -0.352 e. The summed E-state index contributed by atoms with van der Waals surface area (Å²) in [4.78, 5) is 24.6. The van der Waals surface area contributed by atoms with Gasteiger partial charge in [0, 0.05) is 30.4 Å². The van der Waals surface area contributed by atoms with Crippen LogP contribution in [-0.2, 0) is 17.9 Å². The molecule has 2 aromatic carbocycles. The number of rotatable bonds is 4. The Morgan fingerprint density at radius 3 is 2.72 bits per heavy atom. The van der Waals surface area contributed by atoms with Crippen LogP contribution in [0.15, 0.2) is 60.7 Å². The van der Waals surface area contributed by atoms with Crippen molar-refractivity contribution < 1.29 is 9.59 Å². The van der Waals surface area contributed by atoms with E-state index in [0.717, 1.165) is 16.5 Å². The van der Waals surface area contributed by atoms with E-state index in [9.17, 15) is 9.59 Å². The van der Waals surface area contributed by atoms with Gasteiger partial charge in [-0.3, -0.25) is 9.59 Å². The highest BCUT2D eigenvalue weighted by Gasteiger charge is 2.27. The van der Waals surface area contributed by atoms with Crippen molar-refractivity contribution in [2.45, 2.75) is 25.6 Å². The molecule has 1 aliphatic heterocycles. The highest BCUT2D eigenvalue weighted by molar-refractivity contribution is 6.00. The van der Waals surface area contributed by atoms with Crippen LogP contribution >= 0.6 is 0 Å². The van der Waals surface area contributed by atoms with Crippen molar-refractivity contribution in [1.29, 1.82) is 0 Å². The maximum absolute atomic E-state index is 12.4. The highest BCUT2D eigenvalue weighted by atomic mass is 16.2. The molecular formula is C20H19N3O2. The van der Waals surface area contributed by atoms with Crippen molar-refractivity contribution in [2.75, 3.05) is 0 Å². The van der Waals surface area contributed by atoms with Gasteiger partial charge in [-0.25, -0.2) is 0 Å². The van der Waals surface area contributed by atoms with Crippen molar-refractivity contribution in [3.05, 3.63) is 71.9 Å². The molecule has 0 saturated heterocycles. The molecule has 2 heterocycles. The van der Waals surface area contributed by atoms with E-state index in [1.165, 1.54) is 0 Å². The fourth-order valence-electron chi connectivity index (χ4n) is 3.33. The highest BCUT2D eigenvalue weighted by Crippen LogP contribution is 2.23. The third kappa shape index (κ3) is 3.13. The normalized spacial score (nSPS) is 16.3. The van der Waals surface area contributed by atoms with E-state index >= 15 is 0 Å². The largest absolute Gasteiger partial charge is 0.352 e. The number of carbonyl (C=O) groups is 2. The number of nitrogens with one attached hydrogen (secondary N) is 2. The van der Waals surface area contributed by atoms with Gasteiger partial charge in [0.1, 0.15) is 5.69 Å². The molecule has 1 aromatic heterocycles. The zero-order valence-corrected chi connectivity index (χ0v) is 13.7. The van der Waals surface area contributed by atoms with Crippen molar-refractivity contribution in [3.63, 3.8) is 0 Å². The molecule has 5 heteroatoms. The number of para-hydroxylation sites is 1. The van der Waals surface area contributed by atoms with Crippen molar-refractivity contribution >= 4 is 22.7 Å². The SMILES string of the molecule is O=C(C[C@H]1Cn2c(cc3ccccc32)C(=O)N1)NCc1ccccc1. The summed E-state index contributed by atoms with van der Waals surface area (Å²) in [6.07, 6.45) is 0.268. The maximum atomic E-state index is 12.4. The molecule has 0 radical (unpaired) electrons. The number of benzene rings is 2. The Bertz CT molecular complexity index is 931. The molecule has 1 aliphatic rings. The van der Waals surface area contributed by atoms with Crippen LogP contribution in [0.2, 0.25) is 0 Å². The van der Waals surface area contributed by atoms with Crippen molar-refractivity contribution in [3.8, 4) is 0 Å². The second-order valence-electron chi connectivity index (χ2n) is 6.34. The number of hydrogen-bond acceptors (Lipinski definition) is 2. The summed E-state index contributed by atoms with van der Waals surface area (Å²) in [7, 11) is 0. The van der Waals surface area contributed by atoms with Gasteiger partial charge in [0.2, 0.25) is 5.91 Å². The number of aromatic nitrogens is 1. The van der Waals surface area contributed by atoms with Gasteiger partial charge < -0.3 is 15.2 Å². The molecule has 126 valence electrons. The summed E-state index contributed by atoms with van der Waals surface area (Å²) in [6.45, 7) is 1.10. The molecule has 0 aliphatic carbocycles. The van der Waals surface area contributed by atoms with Crippen LogP contribution in [-0.4, -0.2) is 22.4 Å². The Hall–Kier alpha value is -3.08. The zero-order valence-electron chi connectivity index (χ0n) is 13.7. The minimum absolute atomic E-state index is 0.0611. The van der Waals surface area contributed by atoms with Crippen LogP contribution in [0.3, 0.4) is 0 Å². The molecule has 2 amide bonds. The third-order valence-electron chi connectivity index (χ3n) is 4.55. The molecule has 2 N–H and O–H groups in total. The van der Waals surface area contributed by atoms with E-state index in [1.807, 2.05) is 65.2 Å². The topological polar surface area (TPSA) is 63.1 Å². The molecule has 0 unspecified atom stereocenters. The molecule has 1 atom stereocenters. The summed E-state index contributed by atoms with van der Waals surface area (Å²) >= 11 is 0. The first-order valence-electron chi connectivity index (χ1n) is 8.40. The van der Waals surface area contributed by atoms with Gasteiger partial charge in [0.15, 0.2) is 0 Å². The third-order valence-corrected chi connectivity index (χ3v) is 4.55. The van der Waals surface area contributed by atoms with E-state index in [2.05, 4.69) is 10.6 Å². The van der Waals surface area contributed by atoms with Gasteiger partial charge in [0.05, 0.1) is 6.04 Å². The van der Waals surface area contributed by atoms with Gasteiger partial charge in [-0.15, -0.1) is 0 Å². The Morgan fingerprint density at radius 1 is 1.12 bits per heavy atom. The number of hydrogen-bond donors (Lipinski definition) is 2. The van der Waals surface area contributed by atoms with Crippen LogP contribution < -0.4 is 10.6 Å². The van der Waals surface area contributed by atoms with Gasteiger partial charge in [-0.1, -0.05) is 48.5 Å². The van der Waals surface area contributed by atoms with Crippen molar-refractivity contribution in [2.24, 2.45) is 0 Å². The lowest BCUT2D eigenvalue weighted by Gasteiger charge is -2.26. The summed E-state index contributed by atoms with van der Waals surface area (Å²) in [6, 6.07) is 19.4. The predicted molar refractivity (Wildman–Crippen MR) is 96.1 cm³/mol. The Labute approximate surface area is 145 Å². The molecule has 0 spiro atoms. The first-order valence-corrected chi connectivity index (χ1v) is 8.40. The second kappa shape index (κ2) is 6.43. The molecule has 3 aromatic rings. The number of carbonyl (C=O) groups excluding carboxylic acids is 2. The van der Waals surface area contributed by atoms with Gasteiger partial charge in [-0.05, 0) is 17.7 Å². The van der Waals surface area contributed by atoms with Crippen LogP contribution in [0.5, 0.6) is 0 Å². The smallest absolute Gasteiger partial charge is 0.268 e. The Balaban J connectivity index is 1.44. The minimum atomic E-state index is -0.202. The van der Waals surface area contributed by atoms with Crippen molar-refractivity contribution in [1.82, 2.24) is 15.2 Å². The van der Waals surface area contributed by atoms with E-state index in [-0.39, 0.29) is 24.3 Å². The lowest BCUT2D eigenvalue weighted by Crippen LogP contribution is -2.46. The average Bonchev–Trinajstić information content (AvgIpc) is 3.00. The molecule has 25 heavy (non-hydrogen) atoms. The van der Waals surface area contributed by atoms with E-state index in [1.54, 1.807) is 0 Å². The fraction of sp³-hybridized carbons (Fsp3) is 0.200. The van der Waals surface area contributed by atoms with Crippen LogP contribution in [0.1, 0.15) is 22.5 Å². The number of nitrogens with zero attached hydrogens (tertiary/aromatic N) is 1. The maximum Gasteiger partial charge on any atom is 0.268 e. The number of amides is 2. The summed E-state index contributed by atoms with van der Waals surface area (Å²) in [5.41, 5.74) is 2.74. The average molecular weight is 333 g/mol. The molecule has 0 saturated carbocycles. The molecule has 0 fully saturated rings. The Morgan fingerprint density at radius 2 is 1.88 bits per heavy atom. The second-order valence-corrected chi connectivity index (χ2v) is 6.34. The predicted octanol–water partition coefficient (Wildman–Crippen LogP) is 2.46.